The molecule has 6 nitrogen and oxygen atoms in total. The lowest BCUT2D eigenvalue weighted by atomic mass is 10.1. The second kappa shape index (κ2) is 8.72. The van der Waals surface area contributed by atoms with Crippen LogP contribution in [0, 0.1) is 11.3 Å². The minimum Gasteiger partial charge on any atom is -0.347 e. The van der Waals surface area contributed by atoms with E-state index >= 15 is 0 Å². The van der Waals surface area contributed by atoms with Gasteiger partial charge in [0.05, 0.1) is 17.8 Å². The van der Waals surface area contributed by atoms with Gasteiger partial charge < -0.3 is 9.88 Å². The molecule has 1 aliphatic rings. The number of amides is 1. The van der Waals surface area contributed by atoms with Gasteiger partial charge in [0.1, 0.15) is 11.5 Å². The third-order valence-electron chi connectivity index (χ3n) is 5.22. The number of imidazole rings is 1. The van der Waals surface area contributed by atoms with Gasteiger partial charge >= 0.3 is 0 Å². The number of hydrogen-bond donors (Lipinski definition) is 1. The van der Waals surface area contributed by atoms with Crippen molar-refractivity contribution in [2.75, 3.05) is 13.1 Å². The summed E-state index contributed by atoms with van der Waals surface area (Å²) in [5, 5.41) is 12.1. The summed E-state index contributed by atoms with van der Waals surface area (Å²) in [6.45, 7) is 3.72. The van der Waals surface area contributed by atoms with Gasteiger partial charge in [-0.25, -0.2) is 4.98 Å². The topological polar surface area (TPSA) is 73.9 Å². The Hall–Kier alpha value is -3.43. The molecular weight excluding hydrogens is 362 g/mol. The summed E-state index contributed by atoms with van der Waals surface area (Å²) in [6.07, 6.45) is 2.48. The molecule has 1 aromatic heterocycles. The lowest BCUT2D eigenvalue weighted by Crippen LogP contribution is -2.28. The molecule has 0 radical (unpaired) electrons. The molecule has 0 saturated heterocycles. The minimum absolute atomic E-state index is 0.0947. The number of rotatable bonds is 5. The third kappa shape index (κ3) is 4.53. The quantitative estimate of drug-likeness (QED) is 0.733. The number of hydrogen-bond acceptors (Lipinski definition) is 4. The Morgan fingerprint density at radius 3 is 2.72 bits per heavy atom. The highest BCUT2D eigenvalue weighted by Crippen LogP contribution is 2.15. The van der Waals surface area contributed by atoms with Crippen molar-refractivity contribution >= 4 is 5.91 Å². The summed E-state index contributed by atoms with van der Waals surface area (Å²) >= 11 is 0. The van der Waals surface area contributed by atoms with Crippen LogP contribution in [-0.4, -0.2) is 33.4 Å². The standard InChI is InChI=1S/C23H23N5O/c24-14-19-7-4-8-20(13-19)17-27-10-9-22-25-16-21(28(22)12-11-27)23(29)26-15-18-5-2-1-3-6-18/h1-8,13,16H,9-12,15,17H2,(H,26,29). The molecule has 0 saturated carbocycles. The normalized spacial score (nSPS) is 13.9. The zero-order valence-electron chi connectivity index (χ0n) is 16.2. The highest BCUT2D eigenvalue weighted by Gasteiger charge is 2.21. The minimum atomic E-state index is -0.0947. The van der Waals surface area contributed by atoms with E-state index in [1.807, 2.05) is 59.2 Å². The Morgan fingerprint density at radius 2 is 1.90 bits per heavy atom. The zero-order chi connectivity index (χ0) is 20.1. The predicted octanol–water partition coefficient (Wildman–Crippen LogP) is 2.74. The van der Waals surface area contributed by atoms with Crippen LogP contribution >= 0.6 is 0 Å². The van der Waals surface area contributed by atoms with Crippen LogP contribution in [0.25, 0.3) is 0 Å². The van der Waals surface area contributed by atoms with Gasteiger partial charge in [0.2, 0.25) is 0 Å². The Morgan fingerprint density at radius 1 is 1.07 bits per heavy atom. The van der Waals surface area contributed by atoms with Crippen LogP contribution in [0.5, 0.6) is 0 Å². The molecule has 1 N–H and O–H groups in total. The highest BCUT2D eigenvalue weighted by atomic mass is 16.1. The second-order valence-corrected chi connectivity index (χ2v) is 7.22. The average Bonchev–Trinajstić information content (AvgIpc) is 3.07. The number of fused-ring (bicyclic) bond motifs is 1. The third-order valence-corrected chi connectivity index (χ3v) is 5.22. The first-order valence-electron chi connectivity index (χ1n) is 9.81. The van der Waals surface area contributed by atoms with Gasteiger partial charge in [0, 0.05) is 39.1 Å². The van der Waals surface area contributed by atoms with Gasteiger partial charge in [-0.3, -0.25) is 9.69 Å². The van der Waals surface area contributed by atoms with Crippen LogP contribution in [0.1, 0.15) is 33.0 Å². The summed E-state index contributed by atoms with van der Waals surface area (Å²) in [7, 11) is 0. The number of nitrogens with one attached hydrogen (secondary N) is 1. The van der Waals surface area contributed by atoms with Crippen molar-refractivity contribution in [1.29, 1.82) is 5.26 Å². The fraction of sp³-hybridized carbons (Fsp3) is 0.261. The largest absolute Gasteiger partial charge is 0.347 e. The Kier molecular flexibility index (Phi) is 5.68. The van der Waals surface area contributed by atoms with Crippen molar-refractivity contribution in [3.8, 4) is 6.07 Å². The van der Waals surface area contributed by atoms with E-state index in [4.69, 9.17) is 5.26 Å². The molecule has 2 aromatic carbocycles. The van der Waals surface area contributed by atoms with Crippen molar-refractivity contribution in [3.05, 3.63) is 89.0 Å². The molecule has 0 unspecified atom stereocenters. The fourth-order valence-electron chi connectivity index (χ4n) is 3.68. The van der Waals surface area contributed by atoms with Gasteiger partial charge in [0.15, 0.2) is 0 Å². The van der Waals surface area contributed by atoms with E-state index in [-0.39, 0.29) is 5.91 Å². The molecule has 2 heterocycles. The van der Waals surface area contributed by atoms with Crippen molar-refractivity contribution in [2.45, 2.75) is 26.1 Å². The number of aromatic nitrogens is 2. The average molecular weight is 385 g/mol. The molecule has 1 aliphatic heterocycles. The maximum atomic E-state index is 12.7. The van der Waals surface area contributed by atoms with Crippen molar-refractivity contribution in [2.24, 2.45) is 0 Å². The highest BCUT2D eigenvalue weighted by molar-refractivity contribution is 5.92. The molecule has 1 amide bonds. The Bertz CT molecular complexity index is 1030. The van der Waals surface area contributed by atoms with Crippen LogP contribution in [0.15, 0.2) is 60.8 Å². The smallest absolute Gasteiger partial charge is 0.269 e. The fourth-order valence-corrected chi connectivity index (χ4v) is 3.68. The van der Waals surface area contributed by atoms with Gasteiger partial charge in [0.25, 0.3) is 5.91 Å². The van der Waals surface area contributed by atoms with Crippen LogP contribution in [0.2, 0.25) is 0 Å². The molecule has 0 fully saturated rings. The van der Waals surface area contributed by atoms with Crippen LogP contribution in [0.3, 0.4) is 0 Å². The van der Waals surface area contributed by atoms with E-state index in [0.29, 0.717) is 17.8 Å². The van der Waals surface area contributed by atoms with E-state index in [9.17, 15) is 4.79 Å². The summed E-state index contributed by atoms with van der Waals surface area (Å²) in [5.41, 5.74) is 3.50. The maximum Gasteiger partial charge on any atom is 0.269 e. The van der Waals surface area contributed by atoms with Crippen molar-refractivity contribution < 1.29 is 4.79 Å². The Balaban J connectivity index is 1.40. The molecule has 0 aliphatic carbocycles. The lowest BCUT2D eigenvalue weighted by Gasteiger charge is -2.19. The number of nitrogens with zero attached hydrogens (tertiary/aromatic N) is 4. The van der Waals surface area contributed by atoms with Crippen LogP contribution < -0.4 is 5.32 Å². The molecule has 0 spiro atoms. The van der Waals surface area contributed by atoms with E-state index in [1.165, 1.54) is 0 Å². The first-order valence-corrected chi connectivity index (χ1v) is 9.81. The second-order valence-electron chi connectivity index (χ2n) is 7.22. The van der Waals surface area contributed by atoms with E-state index in [2.05, 4.69) is 21.3 Å². The number of nitriles is 1. The first-order chi connectivity index (χ1) is 14.2. The van der Waals surface area contributed by atoms with Gasteiger partial charge in [-0.15, -0.1) is 0 Å². The van der Waals surface area contributed by atoms with Crippen LogP contribution in [0.4, 0.5) is 0 Å². The molecule has 146 valence electrons. The summed E-state index contributed by atoms with van der Waals surface area (Å²) in [6, 6.07) is 19.8. The van der Waals surface area contributed by atoms with Gasteiger partial charge in [-0.05, 0) is 23.3 Å². The molecule has 0 bridgehead atoms. The first kappa shape index (κ1) is 18.9. The summed E-state index contributed by atoms with van der Waals surface area (Å²) in [5.74, 6) is 0.853. The SMILES string of the molecule is N#Cc1cccc(CN2CCc3ncc(C(=O)NCc4ccccc4)n3CC2)c1. The lowest BCUT2D eigenvalue weighted by molar-refractivity contribution is 0.0940. The van der Waals surface area contributed by atoms with Gasteiger partial charge in [-0.2, -0.15) is 5.26 Å². The van der Waals surface area contributed by atoms with Gasteiger partial charge in [-0.1, -0.05) is 42.5 Å². The molecule has 4 rings (SSSR count). The van der Waals surface area contributed by atoms with E-state index < -0.39 is 0 Å². The van der Waals surface area contributed by atoms with E-state index in [1.54, 1.807) is 6.20 Å². The van der Waals surface area contributed by atoms with Crippen molar-refractivity contribution in [1.82, 2.24) is 19.8 Å². The molecule has 3 aromatic rings. The monoisotopic (exact) mass is 385 g/mol. The summed E-state index contributed by atoms with van der Waals surface area (Å²) < 4.78 is 2.03. The molecule has 6 heteroatoms. The number of carbonyl (C=O) groups is 1. The predicted molar refractivity (Wildman–Crippen MR) is 110 cm³/mol. The zero-order valence-corrected chi connectivity index (χ0v) is 16.2. The summed E-state index contributed by atoms with van der Waals surface area (Å²) in [4.78, 5) is 19.5. The maximum absolute atomic E-state index is 12.7. The van der Waals surface area contributed by atoms with Crippen LogP contribution in [-0.2, 0) is 26.1 Å². The number of carbonyl (C=O) groups excluding carboxylic acids is 1. The molecule has 29 heavy (non-hydrogen) atoms. The number of benzene rings is 2. The molecule has 0 atom stereocenters. The van der Waals surface area contributed by atoms with E-state index in [0.717, 1.165) is 49.6 Å². The molecular formula is C23H23N5O. The Labute approximate surface area is 170 Å². The van der Waals surface area contributed by atoms with Crippen molar-refractivity contribution in [3.63, 3.8) is 0 Å².